The SMILES string of the molecule is Oc1cccc2ncsc12. The summed E-state index contributed by atoms with van der Waals surface area (Å²) < 4.78 is 0.863. The molecule has 0 unspecified atom stereocenters. The molecular weight excluding hydrogens is 146 g/mol. The van der Waals surface area contributed by atoms with Crippen LogP contribution in [0.3, 0.4) is 0 Å². The maximum Gasteiger partial charge on any atom is 0.135 e. The number of hydrogen-bond acceptors (Lipinski definition) is 3. The highest BCUT2D eigenvalue weighted by molar-refractivity contribution is 7.17. The lowest BCUT2D eigenvalue weighted by molar-refractivity contribution is 0.482. The quantitative estimate of drug-likeness (QED) is 0.624. The third-order valence-electron chi connectivity index (χ3n) is 1.34. The summed E-state index contributed by atoms with van der Waals surface area (Å²) in [5, 5.41) is 9.23. The smallest absolute Gasteiger partial charge is 0.135 e. The molecule has 0 radical (unpaired) electrons. The molecule has 0 saturated heterocycles. The van der Waals surface area contributed by atoms with Crippen LogP contribution in [-0.2, 0) is 0 Å². The van der Waals surface area contributed by atoms with E-state index in [1.165, 1.54) is 11.3 Å². The van der Waals surface area contributed by atoms with Crippen LogP contribution in [0.1, 0.15) is 0 Å². The summed E-state index contributed by atoms with van der Waals surface area (Å²) in [6.45, 7) is 0. The predicted molar refractivity (Wildman–Crippen MR) is 41.3 cm³/mol. The van der Waals surface area contributed by atoms with Crippen LogP contribution in [0.15, 0.2) is 23.7 Å². The predicted octanol–water partition coefficient (Wildman–Crippen LogP) is 2.00. The topological polar surface area (TPSA) is 33.1 Å². The number of nitrogens with zero attached hydrogens (tertiary/aromatic N) is 1. The highest BCUT2D eigenvalue weighted by atomic mass is 32.1. The molecule has 0 aliphatic carbocycles. The minimum atomic E-state index is 0.319. The Balaban J connectivity index is 2.95. The normalized spacial score (nSPS) is 10.4. The maximum atomic E-state index is 9.23. The minimum absolute atomic E-state index is 0.319. The molecule has 2 rings (SSSR count). The van der Waals surface area contributed by atoms with Gasteiger partial charge in [0.05, 0.1) is 15.7 Å². The molecular formula is C7H5NOS. The van der Waals surface area contributed by atoms with Crippen LogP contribution in [-0.4, -0.2) is 10.1 Å². The Kier molecular flexibility index (Phi) is 1.11. The molecule has 2 nitrogen and oxygen atoms in total. The van der Waals surface area contributed by atoms with Crippen molar-refractivity contribution in [3.63, 3.8) is 0 Å². The summed E-state index contributed by atoms with van der Waals surface area (Å²) in [7, 11) is 0. The second-order valence-corrected chi connectivity index (χ2v) is 2.83. The maximum absolute atomic E-state index is 9.23. The molecule has 1 aromatic carbocycles. The average Bonchev–Trinajstić information content (AvgIpc) is 2.36. The summed E-state index contributed by atoms with van der Waals surface area (Å²) in [5.41, 5.74) is 2.59. The zero-order valence-electron chi connectivity index (χ0n) is 5.11. The van der Waals surface area contributed by atoms with Crippen LogP contribution < -0.4 is 0 Å². The number of rotatable bonds is 0. The summed E-state index contributed by atoms with van der Waals surface area (Å²) >= 11 is 1.45. The first-order chi connectivity index (χ1) is 4.88. The van der Waals surface area contributed by atoms with Crippen molar-refractivity contribution in [3.8, 4) is 5.75 Å². The molecule has 50 valence electrons. The molecule has 1 heterocycles. The van der Waals surface area contributed by atoms with Crippen LogP contribution in [0.25, 0.3) is 10.2 Å². The van der Waals surface area contributed by atoms with Crippen LogP contribution in [0, 0.1) is 0 Å². The van der Waals surface area contributed by atoms with Crippen LogP contribution in [0.4, 0.5) is 0 Å². The number of thiazole rings is 1. The number of fused-ring (bicyclic) bond motifs is 1. The second kappa shape index (κ2) is 1.95. The number of phenols is 1. The molecule has 0 spiro atoms. The van der Waals surface area contributed by atoms with Gasteiger partial charge in [0, 0.05) is 0 Å². The number of aromatic nitrogens is 1. The fourth-order valence-electron chi connectivity index (χ4n) is 0.871. The van der Waals surface area contributed by atoms with E-state index in [0.717, 1.165) is 10.2 Å². The van der Waals surface area contributed by atoms with Crippen molar-refractivity contribution in [1.29, 1.82) is 0 Å². The lowest BCUT2D eigenvalue weighted by Crippen LogP contribution is -1.65. The van der Waals surface area contributed by atoms with E-state index >= 15 is 0 Å². The minimum Gasteiger partial charge on any atom is -0.506 e. The Labute approximate surface area is 61.8 Å². The van der Waals surface area contributed by atoms with Crippen molar-refractivity contribution < 1.29 is 5.11 Å². The molecule has 0 saturated carbocycles. The van der Waals surface area contributed by atoms with E-state index in [1.807, 2.05) is 6.07 Å². The molecule has 0 amide bonds. The first-order valence-corrected chi connectivity index (χ1v) is 3.77. The van der Waals surface area contributed by atoms with E-state index in [9.17, 15) is 5.11 Å². The molecule has 2 aromatic rings. The van der Waals surface area contributed by atoms with Gasteiger partial charge < -0.3 is 5.11 Å². The summed E-state index contributed by atoms with van der Waals surface area (Å²) in [4.78, 5) is 4.04. The van der Waals surface area contributed by atoms with Crippen LogP contribution in [0.5, 0.6) is 5.75 Å². The third-order valence-corrected chi connectivity index (χ3v) is 2.20. The number of benzene rings is 1. The summed E-state index contributed by atoms with van der Waals surface area (Å²) in [6, 6.07) is 5.34. The monoisotopic (exact) mass is 151 g/mol. The molecule has 3 heteroatoms. The molecule has 0 fully saturated rings. The van der Waals surface area contributed by atoms with Crippen molar-refractivity contribution in [2.24, 2.45) is 0 Å². The van der Waals surface area contributed by atoms with E-state index in [0.29, 0.717) is 5.75 Å². The van der Waals surface area contributed by atoms with Gasteiger partial charge in [0.25, 0.3) is 0 Å². The Morgan fingerprint density at radius 1 is 1.40 bits per heavy atom. The second-order valence-electron chi connectivity index (χ2n) is 1.98. The molecule has 0 aliphatic rings. The molecule has 0 aliphatic heterocycles. The molecule has 10 heavy (non-hydrogen) atoms. The van der Waals surface area contributed by atoms with E-state index in [-0.39, 0.29) is 0 Å². The van der Waals surface area contributed by atoms with Gasteiger partial charge in [-0.15, -0.1) is 11.3 Å². The largest absolute Gasteiger partial charge is 0.506 e. The van der Waals surface area contributed by atoms with Gasteiger partial charge in [-0.25, -0.2) is 4.98 Å². The first kappa shape index (κ1) is 5.68. The van der Waals surface area contributed by atoms with Crippen molar-refractivity contribution in [2.75, 3.05) is 0 Å². The van der Waals surface area contributed by atoms with Crippen molar-refractivity contribution >= 4 is 21.6 Å². The van der Waals surface area contributed by atoms with Gasteiger partial charge in [-0.05, 0) is 12.1 Å². The molecule has 1 aromatic heterocycles. The summed E-state index contributed by atoms with van der Waals surface area (Å²) in [5.74, 6) is 0.319. The van der Waals surface area contributed by atoms with Gasteiger partial charge in [0.1, 0.15) is 5.75 Å². The molecule has 0 bridgehead atoms. The first-order valence-electron chi connectivity index (χ1n) is 2.89. The van der Waals surface area contributed by atoms with Crippen molar-refractivity contribution in [2.45, 2.75) is 0 Å². The van der Waals surface area contributed by atoms with E-state index in [4.69, 9.17) is 0 Å². The fourth-order valence-corrected chi connectivity index (χ4v) is 1.57. The lowest BCUT2D eigenvalue weighted by Gasteiger charge is -1.89. The zero-order chi connectivity index (χ0) is 6.97. The van der Waals surface area contributed by atoms with Gasteiger partial charge in [-0.1, -0.05) is 6.07 Å². The third kappa shape index (κ3) is 0.675. The molecule has 1 N–H and O–H groups in total. The highest BCUT2D eigenvalue weighted by Crippen LogP contribution is 2.26. The highest BCUT2D eigenvalue weighted by Gasteiger charge is 1.98. The van der Waals surface area contributed by atoms with Gasteiger partial charge in [0.15, 0.2) is 0 Å². The summed E-state index contributed by atoms with van der Waals surface area (Å²) in [6.07, 6.45) is 0. The number of phenolic OH excluding ortho intramolecular Hbond substituents is 1. The Morgan fingerprint density at radius 2 is 2.30 bits per heavy atom. The Hall–Kier alpha value is -1.09. The van der Waals surface area contributed by atoms with Gasteiger partial charge in [-0.3, -0.25) is 0 Å². The van der Waals surface area contributed by atoms with Crippen molar-refractivity contribution in [3.05, 3.63) is 23.7 Å². The standard InChI is InChI=1S/C7H5NOS/c9-6-3-1-2-5-7(6)10-4-8-5/h1-4,9H. The van der Waals surface area contributed by atoms with Gasteiger partial charge in [-0.2, -0.15) is 0 Å². The number of aromatic hydroxyl groups is 1. The van der Waals surface area contributed by atoms with E-state index in [1.54, 1.807) is 17.6 Å². The van der Waals surface area contributed by atoms with Gasteiger partial charge in [0.2, 0.25) is 0 Å². The van der Waals surface area contributed by atoms with E-state index < -0.39 is 0 Å². The fraction of sp³-hybridized carbons (Fsp3) is 0. The van der Waals surface area contributed by atoms with Gasteiger partial charge >= 0.3 is 0 Å². The van der Waals surface area contributed by atoms with E-state index in [2.05, 4.69) is 4.98 Å². The average molecular weight is 151 g/mol. The molecule has 0 atom stereocenters. The Morgan fingerprint density at radius 3 is 3.10 bits per heavy atom. The van der Waals surface area contributed by atoms with Crippen LogP contribution in [0.2, 0.25) is 0 Å². The number of hydrogen-bond donors (Lipinski definition) is 1. The zero-order valence-corrected chi connectivity index (χ0v) is 5.93. The van der Waals surface area contributed by atoms with Crippen LogP contribution >= 0.6 is 11.3 Å². The lowest BCUT2D eigenvalue weighted by atomic mass is 10.3. The van der Waals surface area contributed by atoms with Crippen molar-refractivity contribution in [1.82, 2.24) is 4.98 Å². The Bertz CT molecular complexity index is 355.